The topological polar surface area (TPSA) is 29.5 Å². The molecule has 0 saturated heterocycles. The minimum atomic E-state index is -0.198. The molecule has 0 heterocycles. The predicted molar refractivity (Wildman–Crippen MR) is 91.0 cm³/mol. The van der Waals surface area contributed by atoms with Crippen molar-refractivity contribution in [2.24, 2.45) is 0 Å². The summed E-state index contributed by atoms with van der Waals surface area (Å²) >= 11 is 0. The third-order valence-corrected chi connectivity index (χ3v) is 3.99. The largest absolute Gasteiger partial charge is 0.507 e. The number of benzene rings is 1. The second-order valence-electron chi connectivity index (χ2n) is 6.17. The third-order valence-electron chi connectivity index (χ3n) is 3.99. The molecule has 21 heavy (non-hydrogen) atoms. The normalized spacial score (nSPS) is 13.8. The second kappa shape index (κ2) is 7.53. The Morgan fingerprint density at radius 1 is 1.24 bits per heavy atom. The molecule has 0 aromatic heterocycles. The van der Waals surface area contributed by atoms with Crippen molar-refractivity contribution in [1.29, 1.82) is 0 Å². The number of aromatic hydroxyl groups is 1. The lowest BCUT2D eigenvalue weighted by molar-refractivity contribution is 0.0734. The Bertz CT molecular complexity index is 491. The standard InChI is InChI=1S/C19H30O2/c1-7-10-15-12-16(20)18(14(4)5)17(13-15)21-19(6,9-3)11-8-2/h12-13,20H,4,7-11H2,1-3,5-6H3/t19-/m0/s1. The summed E-state index contributed by atoms with van der Waals surface area (Å²) in [5.41, 5.74) is 2.49. The summed E-state index contributed by atoms with van der Waals surface area (Å²) in [6.45, 7) is 14.5. The Labute approximate surface area is 129 Å². The molecule has 2 nitrogen and oxygen atoms in total. The van der Waals surface area contributed by atoms with Gasteiger partial charge in [-0.25, -0.2) is 0 Å². The minimum absolute atomic E-state index is 0.198. The smallest absolute Gasteiger partial charge is 0.131 e. The summed E-state index contributed by atoms with van der Waals surface area (Å²) in [6, 6.07) is 3.90. The van der Waals surface area contributed by atoms with Gasteiger partial charge in [-0.15, -0.1) is 0 Å². The number of ether oxygens (including phenoxy) is 1. The van der Waals surface area contributed by atoms with Crippen LogP contribution in [0.2, 0.25) is 0 Å². The Balaban J connectivity index is 3.27. The average Bonchev–Trinajstić information content (AvgIpc) is 2.38. The highest BCUT2D eigenvalue weighted by molar-refractivity contribution is 5.73. The third kappa shape index (κ3) is 4.52. The van der Waals surface area contributed by atoms with Crippen LogP contribution in [0.1, 0.15) is 71.4 Å². The molecule has 0 aliphatic heterocycles. The summed E-state index contributed by atoms with van der Waals surface area (Å²) in [5, 5.41) is 10.3. The van der Waals surface area contributed by atoms with Crippen LogP contribution in [0.25, 0.3) is 5.57 Å². The molecule has 2 heteroatoms. The van der Waals surface area contributed by atoms with E-state index in [4.69, 9.17) is 4.74 Å². The first-order valence-electron chi connectivity index (χ1n) is 8.07. The van der Waals surface area contributed by atoms with Gasteiger partial charge in [-0.3, -0.25) is 0 Å². The van der Waals surface area contributed by atoms with Gasteiger partial charge in [0.2, 0.25) is 0 Å². The Hall–Kier alpha value is -1.44. The first-order chi connectivity index (χ1) is 9.86. The van der Waals surface area contributed by atoms with Crippen LogP contribution < -0.4 is 4.74 Å². The summed E-state index contributed by atoms with van der Waals surface area (Å²) < 4.78 is 6.33. The molecule has 0 amide bonds. The van der Waals surface area contributed by atoms with Crippen molar-refractivity contribution in [3.8, 4) is 11.5 Å². The van der Waals surface area contributed by atoms with Crippen LogP contribution in [-0.4, -0.2) is 10.7 Å². The van der Waals surface area contributed by atoms with Crippen LogP contribution in [0.15, 0.2) is 18.7 Å². The average molecular weight is 290 g/mol. The number of aryl methyl sites for hydroxylation is 1. The van der Waals surface area contributed by atoms with E-state index >= 15 is 0 Å². The molecule has 1 rings (SSSR count). The van der Waals surface area contributed by atoms with E-state index in [0.717, 1.165) is 54.6 Å². The van der Waals surface area contributed by atoms with Crippen molar-refractivity contribution < 1.29 is 9.84 Å². The van der Waals surface area contributed by atoms with Crippen molar-refractivity contribution in [1.82, 2.24) is 0 Å². The second-order valence-corrected chi connectivity index (χ2v) is 6.17. The van der Waals surface area contributed by atoms with E-state index in [1.54, 1.807) is 0 Å². The molecule has 0 radical (unpaired) electrons. The summed E-state index contributed by atoms with van der Waals surface area (Å²) in [5.74, 6) is 1.04. The molecule has 0 aliphatic rings. The maximum Gasteiger partial charge on any atom is 0.131 e. The van der Waals surface area contributed by atoms with E-state index in [2.05, 4.69) is 40.3 Å². The monoisotopic (exact) mass is 290 g/mol. The lowest BCUT2D eigenvalue weighted by Crippen LogP contribution is -2.31. The molecule has 1 atom stereocenters. The Morgan fingerprint density at radius 3 is 2.38 bits per heavy atom. The zero-order chi connectivity index (χ0) is 16.0. The summed E-state index contributed by atoms with van der Waals surface area (Å²) in [6.07, 6.45) is 5.00. The van der Waals surface area contributed by atoms with Crippen molar-refractivity contribution in [2.45, 2.75) is 72.3 Å². The van der Waals surface area contributed by atoms with E-state index in [1.165, 1.54) is 0 Å². The van der Waals surface area contributed by atoms with Crippen molar-refractivity contribution >= 4 is 5.57 Å². The van der Waals surface area contributed by atoms with E-state index in [-0.39, 0.29) is 11.4 Å². The summed E-state index contributed by atoms with van der Waals surface area (Å²) in [7, 11) is 0. The zero-order valence-electron chi connectivity index (χ0n) is 14.3. The molecule has 0 bridgehead atoms. The van der Waals surface area contributed by atoms with E-state index in [0.29, 0.717) is 0 Å². The van der Waals surface area contributed by atoms with E-state index in [9.17, 15) is 5.11 Å². The van der Waals surface area contributed by atoms with Gasteiger partial charge >= 0.3 is 0 Å². The van der Waals surface area contributed by atoms with Crippen LogP contribution in [-0.2, 0) is 6.42 Å². The fourth-order valence-electron chi connectivity index (χ4n) is 2.69. The predicted octanol–water partition coefficient (Wildman–Crippen LogP) is 5.73. The van der Waals surface area contributed by atoms with E-state index in [1.807, 2.05) is 13.0 Å². The van der Waals surface area contributed by atoms with Crippen LogP contribution in [0, 0.1) is 0 Å². The number of allylic oxidation sites excluding steroid dienone is 1. The molecule has 0 saturated carbocycles. The van der Waals surface area contributed by atoms with Crippen LogP contribution >= 0.6 is 0 Å². The van der Waals surface area contributed by atoms with Gasteiger partial charge in [0.15, 0.2) is 0 Å². The molecule has 1 aromatic carbocycles. The highest BCUT2D eigenvalue weighted by atomic mass is 16.5. The SMILES string of the molecule is C=C(C)c1c(O)cc(CCC)cc1O[C@@](C)(CC)CCC. The molecule has 1 N–H and O–H groups in total. The van der Waals surface area contributed by atoms with Gasteiger partial charge in [0.25, 0.3) is 0 Å². The van der Waals surface area contributed by atoms with Gasteiger partial charge < -0.3 is 9.84 Å². The molecule has 0 fully saturated rings. The zero-order valence-corrected chi connectivity index (χ0v) is 14.3. The van der Waals surface area contributed by atoms with Crippen molar-refractivity contribution in [3.63, 3.8) is 0 Å². The highest BCUT2D eigenvalue weighted by Crippen LogP contribution is 2.38. The number of hydrogen-bond acceptors (Lipinski definition) is 2. The molecule has 0 unspecified atom stereocenters. The number of hydrogen-bond donors (Lipinski definition) is 1. The van der Waals surface area contributed by atoms with Gasteiger partial charge in [-0.05, 0) is 56.4 Å². The van der Waals surface area contributed by atoms with Gasteiger partial charge in [-0.1, -0.05) is 40.2 Å². The molecule has 1 aromatic rings. The van der Waals surface area contributed by atoms with Crippen LogP contribution in [0.3, 0.4) is 0 Å². The van der Waals surface area contributed by atoms with Gasteiger partial charge in [-0.2, -0.15) is 0 Å². The fourth-order valence-corrected chi connectivity index (χ4v) is 2.69. The van der Waals surface area contributed by atoms with E-state index < -0.39 is 0 Å². The molecule has 118 valence electrons. The lowest BCUT2D eigenvalue weighted by atomic mass is 9.96. The maximum absolute atomic E-state index is 10.3. The molecule has 0 spiro atoms. The van der Waals surface area contributed by atoms with Crippen molar-refractivity contribution in [2.75, 3.05) is 0 Å². The van der Waals surface area contributed by atoms with Gasteiger partial charge in [0, 0.05) is 0 Å². The highest BCUT2D eigenvalue weighted by Gasteiger charge is 2.25. The van der Waals surface area contributed by atoms with Gasteiger partial charge in [0.05, 0.1) is 5.56 Å². The quantitative estimate of drug-likeness (QED) is 0.663. The van der Waals surface area contributed by atoms with Gasteiger partial charge in [0.1, 0.15) is 17.1 Å². The fraction of sp³-hybridized carbons (Fsp3) is 0.579. The summed E-state index contributed by atoms with van der Waals surface area (Å²) in [4.78, 5) is 0. The molecular weight excluding hydrogens is 260 g/mol. The number of phenols is 1. The first kappa shape index (κ1) is 17.6. The lowest BCUT2D eigenvalue weighted by Gasteiger charge is -2.31. The molecule has 0 aliphatic carbocycles. The number of rotatable bonds is 8. The molecular formula is C19H30O2. The van der Waals surface area contributed by atoms with Crippen LogP contribution in [0.5, 0.6) is 11.5 Å². The van der Waals surface area contributed by atoms with Crippen LogP contribution in [0.4, 0.5) is 0 Å². The van der Waals surface area contributed by atoms with Crippen molar-refractivity contribution in [3.05, 3.63) is 29.8 Å². The maximum atomic E-state index is 10.3. The Morgan fingerprint density at radius 2 is 1.90 bits per heavy atom. The number of phenolic OH excluding ortho intramolecular Hbond substituents is 1. The first-order valence-corrected chi connectivity index (χ1v) is 8.07. The minimum Gasteiger partial charge on any atom is -0.507 e. The Kier molecular flexibility index (Phi) is 6.32.